The Morgan fingerprint density at radius 2 is 2.05 bits per heavy atom. The Bertz CT molecular complexity index is 597. The second-order valence-corrected chi connectivity index (χ2v) is 5.18. The molecule has 1 saturated heterocycles. The predicted molar refractivity (Wildman–Crippen MR) is 84.8 cm³/mol. The van der Waals surface area contributed by atoms with Crippen LogP contribution in [0.15, 0.2) is 24.3 Å². The number of hydrogen-bond acceptors (Lipinski definition) is 5. The van der Waals surface area contributed by atoms with Crippen molar-refractivity contribution in [3.8, 4) is 11.4 Å². The first-order valence-electron chi connectivity index (χ1n) is 7.16. The van der Waals surface area contributed by atoms with Gasteiger partial charge in [0.15, 0.2) is 0 Å². The van der Waals surface area contributed by atoms with E-state index in [0.717, 1.165) is 25.9 Å². The van der Waals surface area contributed by atoms with Crippen LogP contribution in [0.4, 0.5) is 0 Å². The van der Waals surface area contributed by atoms with Gasteiger partial charge < -0.3 is 10.6 Å². The van der Waals surface area contributed by atoms with Crippen molar-refractivity contribution in [2.75, 3.05) is 19.6 Å². The van der Waals surface area contributed by atoms with Gasteiger partial charge in [0.05, 0.1) is 5.56 Å². The van der Waals surface area contributed by atoms with Crippen LogP contribution in [0.3, 0.4) is 0 Å². The van der Waals surface area contributed by atoms with E-state index < -0.39 is 0 Å². The van der Waals surface area contributed by atoms with Crippen molar-refractivity contribution in [1.29, 1.82) is 0 Å². The third-order valence-electron chi connectivity index (χ3n) is 3.77. The van der Waals surface area contributed by atoms with E-state index in [1.165, 1.54) is 0 Å². The predicted octanol–water partition coefficient (Wildman–Crippen LogP) is 1.02. The van der Waals surface area contributed by atoms with Crippen molar-refractivity contribution >= 4 is 18.3 Å². The number of aromatic amines is 1. The van der Waals surface area contributed by atoms with E-state index in [9.17, 15) is 4.79 Å². The Morgan fingerprint density at radius 1 is 1.27 bits per heavy atom. The zero-order valence-electron chi connectivity index (χ0n) is 12.1. The quantitative estimate of drug-likeness (QED) is 0.781. The summed E-state index contributed by atoms with van der Waals surface area (Å²) in [5.41, 5.74) is 1.27. The number of piperidine rings is 1. The molecule has 0 bridgehead atoms. The molecule has 0 saturated carbocycles. The number of carbonyl (C=O) groups excluding carboxylic acids is 1. The van der Waals surface area contributed by atoms with E-state index in [2.05, 4.69) is 31.3 Å². The van der Waals surface area contributed by atoms with E-state index in [0.29, 0.717) is 29.4 Å². The molecule has 2 heterocycles. The molecule has 0 aliphatic carbocycles. The molecule has 1 amide bonds. The highest BCUT2D eigenvalue weighted by Crippen LogP contribution is 2.19. The molecule has 2 aromatic rings. The molecule has 0 atom stereocenters. The molecule has 8 heteroatoms. The lowest BCUT2D eigenvalue weighted by atomic mass is 9.98. The highest BCUT2D eigenvalue weighted by atomic mass is 35.5. The molecule has 0 spiro atoms. The number of nitrogens with zero attached hydrogens (tertiary/aromatic N) is 3. The molecule has 1 fully saturated rings. The normalized spacial score (nSPS) is 15.1. The van der Waals surface area contributed by atoms with Crippen LogP contribution in [-0.2, 0) is 0 Å². The Labute approximate surface area is 134 Å². The second kappa shape index (κ2) is 7.86. The minimum absolute atomic E-state index is 0. The minimum Gasteiger partial charge on any atom is -0.352 e. The van der Waals surface area contributed by atoms with Crippen LogP contribution in [0.1, 0.15) is 23.2 Å². The van der Waals surface area contributed by atoms with Gasteiger partial charge >= 0.3 is 0 Å². The van der Waals surface area contributed by atoms with Crippen molar-refractivity contribution in [1.82, 2.24) is 31.3 Å². The third-order valence-corrected chi connectivity index (χ3v) is 3.77. The van der Waals surface area contributed by atoms with Crippen LogP contribution in [0.5, 0.6) is 0 Å². The zero-order valence-corrected chi connectivity index (χ0v) is 12.9. The lowest BCUT2D eigenvalue weighted by Gasteiger charge is -2.22. The first-order chi connectivity index (χ1) is 10.3. The first-order valence-corrected chi connectivity index (χ1v) is 7.16. The standard InChI is InChI=1S/C14H18N6O.ClH/c21-14(16-9-10-5-7-15-8-6-10)12-4-2-1-3-11(12)13-17-19-20-18-13;/h1-4,10,15H,5-9H2,(H,16,21)(H,17,18,19,20);1H. The molecule has 0 radical (unpaired) electrons. The van der Waals surface area contributed by atoms with Gasteiger partial charge in [-0.3, -0.25) is 4.79 Å². The molecular weight excluding hydrogens is 304 g/mol. The van der Waals surface area contributed by atoms with E-state index in [-0.39, 0.29) is 18.3 Å². The van der Waals surface area contributed by atoms with Gasteiger partial charge in [0.2, 0.25) is 5.82 Å². The highest BCUT2D eigenvalue weighted by Gasteiger charge is 2.17. The monoisotopic (exact) mass is 322 g/mol. The Balaban J connectivity index is 0.00000176. The molecule has 1 aromatic heterocycles. The molecule has 1 aliphatic rings. The molecule has 3 N–H and O–H groups in total. The van der Waals surface area contributed by atoms with Crippen molar-refractivity contribution in [2.45, 2.75) is 12.8 Å². The number of benzene rings is 1. The molecular formula is C14H19ClN6O. The SMILES string of the molecule is Cl.O=C(NCC1CCNCC1)c1ccccc1-c1nn[nH]n1. The van der Waals surface area contributed by atoms with E-state index in [4.69, 9.17) is 0 Å². The van der Waals surface area contributed by atoms with Gasteiger partial charge in [0.25, 0.3) is 5.91 Å². The number of halogens is 1. The first kappa shape index (κ1) is 16.4. The average molecular weight is 323 g/mol. The van der Waals surface area contributed by atoms with E-state index >= 15 is 0 Å². The lowest BCUT2D eigenvalue weighted by Crippen LogP contribution is -2.36. The smallest absolute Gasteiger partial charge is 0.252 e. The third kappa shape index (κ3) is 3.80. The zero-order chi connectivity index (χ0) is 14.5. The molecule has 1 aliphatic heterocycles. The summed E-state index contributed by atoms with van der Waals surface area (Å²) in [6, 6.07) is 7.30. The fourth-order valence-electron chi connectivity index (χ4n) is 2.57. The van der Waals surface area contributed by atoms with E-state index in [1.807, 2.05) is 18.2 Å². The maximum atomic E-state index is 12.4. The molecule has 3 rings (SSSR count). The number of nitrogens with one attached hydrogen (secondary N) is 3. The largest absolute Gasteiger partial charge is 0.352 e. The number of hydrogen-bond donors (Lipinski definition) is 3. The molecule has 1 aromatic carbocycles. The van der Waals surface area contributed by atoms with Crippen LogP contribution in [0.2, 0.25) is 0 Å². The van der Waals surface area contributed by atoms with Crippen LogP contribution >= 0.6 is 12.4 Å². The Hall–Kier alpha value is -1.99. The number of H-pyrrole nitrogens is 1. The van der Waals surface area contributed by atoms with Gasteiger partial charge in [-0.1, -0.05) is 18.2 Å². The van der Waals surface area contributed by atoms with Crippen molar-refractivity contribution in [2.24, 2.45) is 5.92 Å². The number of tetrazole rings is 1. The van der Waals surface area contributed by atoms with Gasteiger partial charge in [0.1, 0.15) is 0 Å². The number of aromatic nitrogens is 4. The Kier molecular flexibility index (Phi) is 5.85. The lowest BCUT2D eigenvalue weighted by molar-refractivity contribution is 0.0945. The molecule has 118 valence electrons. The topological polar surface area (TPSA) is 95.6 Å². The van der Waals surface area contributed by atoms with Crippen molar-refractivity contribution < 1.29 is 4.79 Å². The number of rotatable bonds is 4. The summed E-state index contributed by atoms with van der Waals surface area (Å²) in [5, 5.41) is 20.2. The van der Waals surface area contributed by atoms with Crippen molar-refractivity contribution in [3.05, 3.63) is 29.8 Å². The van der Waals surface area contributed by atoms with Gasteiger partial charge in [-0.25, -0.2) is 0 Å². The Morgan fingerprint density at radius 3 is 2.77 bits per heavy atom. The fraction of sp³-hybridized carbons (Fsp3) is 0.429. The van der Waals surface area contributed by atoms with Gasteiger partial charge in [-0.05, 0) is 43.1 Å². The van der Waals surface area contributed by atoms with Crippen LogP contribution < -0.4 is 10.6 Å². The van der Waals surface area contributed by atoms with Crippen LogP contribution in [0.25, 0.3) is 11.4 Å². The summed E-state index contributed by atoms with van der Waals surface area (Å²) in [6.45, 7) is 2.76. The molecule has 22 heavy (non-hydrogen) atoms. The fourth-order valence-corrected chi connectivity index (χ4v) is 2.57. The van der Waals surface area contributed by atoms with Gasteiger partial charge in [0, 0.05) is 12.1 Å². The summed E-state index contributed by atoms with van der Waals surface area (Å²) in [7, 11) is 0. The maximum Gasteiger partial charge on any atom is 0.252 e. The van der Waals surface area contributed by atoms with Crippen molar-refractivity contribution in [3.63, 3.8) is 0 Å². The van der Waals surface area contributed by atoms with Gasteiger partial charge in [-0.2, -0.15) is 5.21 Å². The average Bonchev–Trinajstić information content (AvgIpc) is 3.08. The van der Waals surface area contributed by atoms with Gasteiger partial charge in [-0.15, -0.1) is 22.6 Å². The summed E-state index contributed by atoms with van der Waals surface area (Å²) in [4.78, 5) is 12.4. The number of amides is 1. The summed E-state index contributed by atoms with van der Waals surface area (Å²) in [6.07, 6.45) is 2.21. The van der Waals surface area contributed by atoms with E-state index in [1.54, 1.807) is 6.07 Å². The highest BCUT2D eigenvalue weighted by molar-refractivity contribution is 6.00. The summed E-state index contributed by atoms with van der Waals surface area (Å²) >= 11 is 0. The second-order valence-electron chi connectivity index (χ2n) is 5.18. The van der Waals surface area contributed by atoms with Crippen LogP contribution in [-0.4, -0.2) is 46.2 Å². The summed E-state index contributed by atoms with van der Waals surface area (Å²) in [5.74, 6) is 0.893. The molecule has 7 nitrogen and oxygen atoms in total. The molecule has 0 unspecified atom stereocenters. The van der Waals surface area contributed by atoms with Crippen LogP contribution in [0, 0.1) is 5.92 Å². The maximum absolute atomic E-state index is 12.4. The summed E-state index contributed by atoms with van der Waals surface area (Å²) < 4.78 is 0. The number of carbonyl (C=O) groups is 1. The minimum atomic E-state index is -0.0890.